The molecule has 1 atom stereocenters. The molecular weight excluding hydrogens is 238 g/mol. The fourth-order valence-corrected chi connectivity index (χ4v) is 2.62. The van der Waals surface area contributed by atoms with Gasteiger partial charge in [-0.05, 0) is 37.3 Å². The van der Waals surface area contributed by atoms with E-state index in [0.717, 1.165) is 43.7 Å². The van der Waals surface area contributed by atoms with Gasteiger partial charge < -0.3 is 10.2 Å². The van der Waals surface area contributed by atoms with Crippen LogP contribution in [-0.4, -0.2) is 28.9 Å². The molecule has 19 heavy (non-hydrogen) atoms. The minimum absolute atomic E-state index is 0.165. The first-order valence-corrected chi connectivity index (χ1v) is 7.19. The molecule has 1 aromatic rings. The topological polar surface area (TPSA) is 45.2 Å². The first-order valence-electron chi connectivity index (χ1n) is 7.19. The summed E-state index contributed by atoms with van der Waals surface area (Å²) in [4.78, 5) is 18.1. The maximum atomic E-state index is 11.7. The number of carbonyl (C=O) groups is 1. The first kappa shape index (κ1) is 13.8. The highest BCUT2D eigenvalue weighted by Gasteiger charge is 2.25. The molecule has 1 amide bonds. The fraction of sp³-hybridized carbons (Fsp3) is 0.600. The predicted octanol–water partition coefficient (Wildman–Crippen LogP) is 2.98. The normalized spacial score (nSPS) is 19.3. The van der Waals surface area contributed by atoms with Crippen molar-refractivity contribution in [2.45, 2.75) is 45.6 Å². The summed E-state index contributed by atoms with van der Waals surface area (Å²) in [6, 6.07) is 4.31. The van der Waals surface area contributed by atoms with Crippen molar-refractivity contribution < 1.29 is 4.79 Å². The average Bonchev–Trinajstić information content (AvgIpc) is 2.45. The van der Waals surface area contributed by atoms with Crippen LogP contribution in [0.2, 0.25) is 0 Å². The lowest BCUT2D eigenvalue weighted by Crippen LogP contribution is -2.36. The summed E-state index contributed by atoms with van der Waals surface area (Å²) in [5, 5.41) is 3.27. The highest BCUT2D eigenvalue weighted by Crippen LogP contribution is 2.30. The lowest BCUT2D eigenvalue weighted by Gasteiger charge is -2.35. The Kier molecular flexibility index (Phi) is 4.77. The van der Waals surface area contributed by atoms with E-state index in [4.69, 9.17) is 0 Å². The van der Waals surface area contributed by atoms with Gasteiger partial charge in [-0.1, -0.05) is 13.0 Å². The van der Waals surface area contributed by atoms with E-state index in [9.17, 15) is 4.79 Å². The van der Waals surface area contributed by atoms with Crippen molar-refractivity contribution in [1.82, 2.24) is 9.88 Å². The molecule has 0 aromatic carbocycles. The summed E-state index contributed by atoms with van der Waals surface area (Å²) < 4.78 is 0. The van der Waals surface area contributed by atoms with Crippen molar-refractivity contribution in [2.24, 2.45) is 0 Å². The van der Waals surface area contributed by atoms with E-state index in [1.54, 1.807) is 6.92 Å². The van der Waals surface area contributed by atoms with E-state index >= 15 is 0 Å². The van der Waals surface area contributed by atoms with Crippen LogP contribution in [0.3, 0.4) is 0 Å². The average molecular weight is 261 g/mol. The molecule has 1 N–H and O–H groups in total. The summed E-state index contributed by atoms with van der Waals surface area (Å²) in [6.45, 7) is 5.60. The molecule has 0 saturated carbocycles. The van der Waals surface area contributed by atoms with Gasteiger partial charge >= 0.3 is 0 Å². The van der Waals surface area contributed by atoms with E-state index in [1.165, 1.54) is 6.42 Å². The number of carbonyl (C=O) groups excluding carboxylic acids is 1. The van der Waals surface area contributed by atoms with Crippen molar-refractivity contribution >= 4 is 11.7 Å². The Morgan fingerprint density at radius 3 is 2.95 bits per heavy atom. The van der Waals surface area contributed by atoms with Crippen LogP contribution in [0.1, 0.15) is 51.1 Å². The molecule has 0 aliphatic carbocycles. The van der Waals surface area contributed by atoms with Crippen molar-refractivity contribution in [1.29, 1.82) is 0 Å². The summed E-state index contributed by atoms with van der Waals surface area (Å²) in [7, 11) is 0. The van der Waals surface area contributed by atoms with Crippen molar-refractivity contribution in [2.75, 3.05) is 18.4 Å². The molecule has 1 fully saturated rings. The predicted molar refractivity (Wildman–Crippen MR) is 77.0 cm³/mol. The summed E-state index contributed by atoms with van der Waals surface area (Å²) in [5.41, 5.74) is 1.15. The van der Waals surface area contributed by atoms with Gasteiger partial charge in [-0.3, -0.25) is 4.79 Å². The Labute approximate surface area is 115 Å². The van der Waals surface area contributed by atoms with Gasteiger partial charge in [-0.15, -0.1) is 0 Å². The van der Waals surface area contributed by atoms with E-state index in [2.05, 4.69) is 23.3 Å². The Morgan fingerprint density at radius 2 is 2.32 bits per heavy atom. The zero-order valence-electron chi connectivity index (χ0n) is 11.9. The largest absolute Gasteiger partial charge is 0.370 e. The number of pyridine rings is 1. The first-order chi connectivity index (χ1) is 9.22. The molecular formula is C15H23N3O. The number of likely N-dealkylation sites (tertiary alicyclic amines) is 1. The zero-order valence-corrected chi connectivity index (χ0v) is 11.9. The smallest absolute Gasteiger partial charge is 0.219 e. The van der Waals surface area contributed by atoms with Gasteiger partial charge in [0, 0.05) is 26.2 Å². The van der Waals surface area contributed by atoms with Gasteiger partial charge in [0.15, 0.2) is 0 Å². The highest BCUT2D eigenvalue weighted by atomic mass is 16.2. The van der Waals surface area contributed by atoms with Crippen LogP contribution in [0.4, 0.5) is 5.82 Å². The van der Waals surface area contributed by atoms with E-state index < -0.39 is 0 Å². The minimum atomic E-state index is 0.165. The Hall–Kier alpha value is -1.58. The van der Waals surface area contributed by atoms with Crippen LogP contribution in [0, 0.1) is 0 Å². The fourth-order valence-electron chi connectivity index (χ4n) is 2.62. The number of anilines is 1. The molecule has 1 aliphatic rings. The van der Waals surface area contributed by atoms with Crippen LogP contribution in [0.15, 0.2) is 18.3 Å². The van der Waals surface area contributed by atoms with E-state index in [-0.39, 0.29) is 11.9 Å². The molecule has 1 aliphatic heterocycles. The van der Waals surface area contributed by atoms with Crippen molar-refractivity contribution in [3.8, 4) is 0 Å². The van der Waals surface area contributed by atoms with E-state index in [0.29, 0.717) is 0 Å². The summed E-state index contributed by atoms with van der Waals surface area (Å²) >= 11 is 0. The summed E-state index contributed by atoms with van der Waals surface area (Å²) in [6.07, 6.45) is 6.33. The Bertz CT molecular complexity index is 416. The third kappa shape index (κ3) is 3.46. The number of nitrogens with one attached hydrogen (secondary N) is 1. The zero-order chi connectivity index (χ0) is 13.7. The van der Waals surface area contributed by atoms with Gasteiger partial charge in [-0.25, -0.2) is 4.98 Å². The molecule has 2 rings (SSSR count). The van der Waals surface area contributed by atoms with Gasteiger partial charge in [0.2, 0.25) is 5.91 Å². The third-order valence-electron chi connectivity index (χ3n) is 3.63. The number of hydrogen-bond acceptors (Lipinski definition) is 3. The lowest BCUT2D eigenvalue weighted by atomic mass is 9.96. The number of aromatic nitrogens is 1. The summed E-state index contributed by atoms with van der Waals surface area (Å²) in [5.74, 6) is 1.08. The van der Waals surface area contributed by atoms with Gasteiger partial charge in [-0.2, -0.15) is 0 Å². The molecule has 0 radical (unpaired) electrons. The Morgan fingerprint density at radius 1 is 1.47 bits per heavy atom. The monoisotopic (exact) mass is 261 g/mol. The van der Waals surface area contributed by atoms with E-state index in [1.807, 2.05) is 17.2 Å². The third-order valence-corrected chi connectivity index (χ3v) is 3.63. The second-order valence-electron chi connectivity index (χ2n) is 5.13. The van der Waals surface area contributed by atoms with Crippen molar-refractivity contribution in [3.05, 3.63) is 23.9 Å². The number of amides is 1. The van der Waals surface area contributed by atoms with Crippen LogP contribution in [0.25, 0.3) is 0 Å². The Balaban J connectivity index is 2.09. The van der Waals surface area contributed by atoms with Gasteiger partial charge in [0.1, 0.15) is 5.82 Å². The van der Waals surface area contributed by atoms with Gasteiger partial charge in [0.05, 0.1) is 6.04 Å². The SMILES string of the molecule is CCCNc1ccc([C@@H]2CCCCN2C(C)=O)cn1. The minimum Gasteiger partial charge on any atom is -0.370 e. The second kappa shape index (κ2) is 6.55. The molecule has 0 spiro atoms. The van der Waals surface area contributed by atoms with Crippen LogP contribution in [0.5, 0.6) is 0 Å². The highest BCUT2D eigenvalue weighted by molar-refractivity contribution is 5.74. The number of rotatable bonds is 4. The molecule has 4 heteroatoms. The molecule has 104 valence electrons. The number of piperidine rings is 1. The molecule has 1 aromatic heterocycles. The van der Waals surface area contributed by atoms with Crippen LogP contribution >= 0.6 is 0 Å². The van der Waals surface area contributed by atoms with Crippen molar-refractivity contribution in [3.63, 3.8) is 0 Å². The maximum absolute atomic E-state index is 11.7. The second-order valence-corrected chi connectivity index (χ2v) is 5.13. The number of nitrogens with zero attached hydrogens (tertiary/aromatic N) is 2. The van der Waals surface area contributed by atoms with Crippen LogP contribution < -0.4 is 5.32 Å². The lowest BCUT2D eigenvalue weighted by molar-refractivity contribution is -0.132. The molecule has 4 nitrogen and oxygen atoms in total. The van der Waals surface area contributed by atoms with Gasteiger partial charge in [0.25, 0.3) is 0 Å². The molecule has 0 bridgehead atoms. The quantitative estimate of drug-likeness (QED) is 0.906. The maximum Gasteiger partial charge on any atom is 0.219 e. The molecule has 2 heterocycles. The van der Waals surface area contributed by atoms with Crippen LogP contribution in [-0.2, 0) is 4.79 Å². The molecule has 1 saturated heterocycles. The molecule has 0 unspecified atom stereocenters. The standard InChI is InChI=1S/C15H23N3O/c1-3-9-16-15-8-7-13(11-17-15)14-6-4-5-10-18(14)12(2)19/h7-8,11,14H,3-6,9-10H2,1-2H3,(H,16,17)/t14-/m0/s1. The number of hydrogen-bond donors (Lipinski definition) is 1.